The number of guanidine groups is 1. The Morgan fingerprint density at radius 1 is 1.15 bits per heavy atom. The van der Waals surface area contributed by atoms with E-state index in [9.17, 15) is 8.42 Å². The maximum absolute atomic E-state index is 11.4. The molecule has 1 aromatic carbocycles. The van der Waals surface area contributed by atoms with Gasteiger partial charge in [-0.15, -0.1) is 0 Å². The Morgan fingerprint density at radius 3 is 2.23 bits per heavy atom. The highest BCUT2D eigenvalue weighted by Crippen LogP contribution is 2.21. The van der Waals surface area contributed by atoms with E-state index in [1.54, 1.807) is 0 Å². The molecule has 0 fully saturated rings. The van der Waals surface area contributed by atoms with Crippen molar-refractivity contribution in [3.05, 3.63) is 35.4 Å². The number of hydrogen-bond acceptors (Lipinski definition) is 3. The molecule has 5 nitrogen and oxygen atoms in total. The molecule has 0 aliphatic rings. The van der Waals surface area contributed by atoms with Gasteiger partial charge in [-0.25, -0.2) is 8.42 Å². The van der Waals surface area contributed by atoms with Gasteiger partial charge in [0.25, 0.3) is 0 Å². The first-order valence-electron chi connectivity index (χ1n) is 9.31. The number of nitrogens with zero attached hydrogens (tertiary/aromatic N) is 2. The van der Waals surface area contributed by atoms with Crippen LogP contribution in [0.25, 0.3) is 0 Å². The van der Waals surface area contributed by atoms with Crippen LogP contribution in [0, 0.1) is 5.41 Å². The maximum atomic E-state index is 11.4. The lowest BCUT2D eigenvalue weighted by molar-refractivity contribution is 0.361. The fourth-order valence-corrected chi connectivity index (χ4v) is 3.45. The highest BCUT2D eigenvalue weighted by Gasteiger charge is 2.20. The van der Waals surface area contributed by atoms with Crippen LogP contribution in [-0.4, -0.2) is 51.4 Å². The van der Waals surface area contributed by atoms with Gasteiger partial charge in [0, 0.05) is 32.9 Å². The van der Waals surface area contributed by atoms with E-state index in [1.807, 2.05) is 14.0 Å². The third kappa shape index (κ3) is 8.70. The van der Waals surface area contributed by atoms with Gasteiger partial charge in [-0.05, 0) is 36.3 Å². The lowest BCUT2D eigenvalue weighted by Gasteiger charge is -2.26. The summed E-state index contributed by atoms with van der Waals surface area (Å²) in [7, 11) is -0.917. The number of aryl methyl sites for hydroxylation is 1. The Labute approximate surface area is 159 Å². The zero-order chi connectivity index (χ0) is 19.8. The average Bonchev–Trinajstić information content (AvgIpc) is 2.57. The lowest BCUT2D eigenvalue weighted by Crippen LogP contribution is -2.39. The van der Waals surface area contributed by atoms with Crippen LogP contribution in [0.5, 0.6) is 0 Å². The molecule has 0 bridgehead atoms. The predicted molar refractivity (Wildman–Crippen MR) is 111 cm³/mol. The Balaban J connectivity index is 2.76. The third-order valence-corrected chi connectivity index (χ3v) is 5.30. The summed E-state index contributed by atoms with van der Waals surface area (Å²) in [5.41, 5.74) is 2.42. The summed E-state index contributed by atoms with van der Waals surface area (Å²) in [4.78, 5) is 6.86. The van der Waals surface area contributed by atoms with Gasteiger partial charge >= 0.3 is 0 Å². The maximum Gasteiger partial charge on any atom is 0.193 e. The molecule has 0 heterocycles. The molecule has 0 aromatic heterocycles. The fourth-order valence-electron chi connectivity index (χ4n) is 2.53. The second kappa shape index (κ2) is 9.95. The molecule has 148 valence electrons. The number of benzene rings is 1. The summed E-state index contributed by atoms with van der Waals surface area (Å²) < 4.78 is 22.8. The van der Waals surface area contributed by atoms with E-state index in [1.165, 1.54) is 17.4 Å². The van der Waals surface area contributed by atoms with Crippen LogP contribution < -0.4 is 5.32 Å². The minimum absolute atomic E-state index is 0.159. The normalized spacial score (nSPS) is 12.9. The molecule has 6 heteroatoms. The lowest BCUT2D eigenvalue weighted by atomic mass is 9.90. The molecular weight excluding hydrogens is 346 g/mol. The molecule has 0 aliphatic carbocycles. The molecule has 0 saturated carbocycles. The summed E-state index contributed by atoms with van der Waals surface area (Å²) in [5, 5.41) is 3.33. The van der Waals surface area contributed by atoms with E-state index in [-0.39, 0.29) is 11.2 Å². The predicted octanol–water partition coefficient (Wildman–Crippen LogP) is 3.11. The third-order valence-electron chi connectivity index (χ3n) is 4.35. The molecule has 0 amide bonds. The van der Waals surface area contributed by atoms with Gasteiger partial charge in [0.15, 0.2) is 5.96 Å². The van der Waals surface area contributed by atoms with Gasteiger partial charge < -0.3 is 10.2 Å². The molecule has 1 rings (SSSR count). The zero-order valence-corrected chi connectivity index (χ0v) is 18.0. The van der Waals surface area contributed by atoms with Gasteiger partial charge in [-0.1, -0.05) is 45.0 Å². The van der Waals surface area contributed by atoms with E-state index in [2.05, 4.69) is 55.3 Å². The monoisotopic (exact) mass is 381 g/mol. The van der Waals surface area contributed by atoms with Crippen molar-refractivity contribution in [2.24, 2.45) is 10.4 Å². The standard InChI is InChI=1S/C20H35N3O2S/c1-7-17-9-11-18(12-10-17)15-23(5)19(21-8-2)22-16-20(3,4)13-14-26(6,24)25/h9-12H,7-8,13-16H2,1-6H3,(H,21,22). The second-order valence-corrected chi connectivity index (χ2v) is 10.0. The van der Waals surface area contributed by atoms with Crippen LogP contribution in [0.3, 0.4) is 0 Å². The van der Waals surface area contributed by atoms with Crippen LogP contribution in [0.4, 0.5) is 0 Å². The average molecular weight is 382 g/mol. The zero-order valence-electron chi connectivity index (χ0n) is 17.2. The van der Waals surface area contributed by atoms with Gasteiger partial charge in [-0.2, -0.15) is 0 Å². The van der Waals surface area contributed by atoms with Crippen molar-refractivity contribution in [1.29, 1.82) is 0 Å². The van der Waals surface area contributed by atoms with Crippen LogP contribution in [0.2, 0.25) is 0 Å². The quantitative estimate of drug-likeness (QED) is 0.527. The van der Waals surface area contributed by atoms with Crippen molar-refractivity contribution in [3.8, 4) is 0 Å². The molecular formula is C20H35N3O2S. The van der Waals surface area contributed by atoms with E-state index in [4.69, 9.17) is 4.99 Å². The van der Waals surface area contributed by atoms with Crippen molar-refractivity contribution in [1.82, 2.24) is 10.2 Å². The van der Waals surface area contributed by atoms with Crippen molar-refractivity contribution in [3.63, 3.8) is 0 Å². The Morgan fingerprint density at radius 2 is 1.73 bits per heavy atom. The number of aliphatic imine (C=N–C) groups is 1. The van der Waals surface area contributed by atoms with Gasteiger partial charge in [-0.3, -0.25) is 4.99 Å². The first-order valence-corrected chi connectivity index (χ1v) is 11.4. The van der Waals surface area contributed by atoms with Crippen LogP contribution in [0.1, 0.15) is 45.2 Å². The molecule has 0 saturated heterocycles. The van der Waals surface area contributed by atoms with Gasteiger partial charge in [0.1, 0.15) is 9.84 Å². The van der Waals surface area contributed by atoms with Crippen molar-refractivity contribution in [2.75, 3.05) is 32.1 Å². The largest absolute Gasteiger partial charge is 0.357 e. The molecule has 0 unspecified atom stereocenters. The molecule has 0 spiro atoms. The minimum Gasteiger partial charge on any atom is -0.357 e. The first kappa shape index (κ1) is 22.5. The van der Waals surface area contributed by atoms with E-state index in [0.717, 1.165) is 25.5 Å². The van der Waals surface area contributed by atoms with Crippen LogP contribution in [0.15, 0.2) is 29.3 Å². The molecule has 0 radical (unpaired) electrons. The second-order valence-electron chi connectivity index (χ2n) is 7.74. The molecule has 1 N–H and O–H groups in total. The van der Waals surface area contributed by atoms with Gasteiger partial charge in [0.2, 0.25) is 0 Å². The van der Waals surface area contributed by atoms with Crippen molar-refractivity contribution in [2.45, 2.75) is 47.1 Å². The smallest absolute Gasteiger partial charge is 0.193 e. The SMILES string of the molecule is CCNC(=NCC(C)(C)CCS(C)(=O)=O)N(C)Cc1ccc(CC)cc1. The summed E-state index contributed by atoms with van der Waals surface area (Å²) in [6.07, 6.45) is 2.94. The number of hydrogen-bond donors (Lipinski definition) is 1. The summed E-state index contributed by atoms with van der Waals surface area (Å²) in [5.74, 6) is 1.05. The number of rotatable bonds is 9. The highest BCUT2D eigenvalue weighted by molar-refractivity contribution is 7.90. The first-order chi connectivity index (χ1) is 12.1. The van der Waals surface area contributed by atoms with Crippen molar-refractivity contribution >= 4 is 15.8 Å². The Hall–Kier alpha value is -1.56. The van der Waals surface area contributed by atoms with E-state index < -0.39 is 9.84 Å². The number of sulfone groups is 1. The minimum atomic E-state index is -2.94. The van der Waals surface area contributed by atoms with Crippen LogP contribution in [-0.2, 0) is 22.8 Å². The Kier molecular flexibility index (Phi) is 8.60. The highest BCUT2D eigenvalue weighted by atomic mass is 32.2. The summed E-state index contributed by atoms with van der Waals surface area (Å²) in [6.45, 7) is 10.5. The molecule has 26 heavy (non-hydrogen) atoms. The number of nitrogens with one attached hydrogen (secondary N) is 1. The van der Waals surface area contributed by atoms with Crippen molar-refractivity contribution < 1.29 is 8.42 Å². The van der Waals surface area contributed by atoms with E-state index >= 15 is 0 Å². The topological polar surface area (TPSA) is 61.8 Å². The summed E-state index contributed by atoms with van der Waals surface area (Å²) in [6, 6.07) is 8.66. The molecule has 1 aromatic rings. The van der Waals surface area contributed by atoms with E-state index in [0.29, 0.717) is 13.0 Å². The van der Waals surface area contributed by atoms with Gasteiger partial charge in [0.05, 0.1) is 5.75 Å². The fraction of sp³-hybridized carbons (Fsp3) is 0.650. The molecule has 0 atom stereocenters. The Bertz CT molecular complexity index is 680. The van der Waals surface area contributed by atoms with Crippen LogP contribution >= 0.6 is 0 Å². The summed E-state index contributed by atoms with van der Waals surface area (Å²) >= 11 is 0. The molecule has 0 aliphatic heterocycles.